The molecule has 4 heterocycles. The minimum Gasteiger partial charge on any atom is -0.508 e. The van der Waals surface area contributed by atoms with Crippen molar-refractivity contribution in [2.45, 2.75) is 58.0 Å². The number of thiophene rings is 1. The number of hydrogen-bond donors (Lipinski definition) is 2. The summed E-state index contributed by atoms with van der Waals surface area (Å²) in [5, 5.41) is 14.9. The van der Waals surface area contributed by atoms with Crippen LogP contribution in [-0.4, -0.2) is 47.3 Å². The van der Waals surface area contributed by atoms with E-state index in [-0.39, 0.29) is 0 Å². The number of ether oxygens (including phenoxy) is 1. The number of phenols is 1. The topological polar surface area (TPSA) is 57.6 Å². The number of likely N-dealkylation sites (tertiary alicyclic amines) is 1. The fourth-order valence-electron chi connectivity index (χ4n) is 5.89. The zero-order valence-electron chi connectivity index (χ0n) is 22.2. The third-order valence-electron chi connectivity index (χ3n) is 8.03. The van der Waals surface area contributed by atoms with Gasteiger partial charge in [0.05, 0.1) is 6.61 Å². The van der Waals surface area contributed by atoms with Crippen LogP contribution in [0.3, 0.4) is 0 Å². The molecule has 1 atom stereocenters. The molecular formula is C32H37N3O2S. The minimum atomic E-state index is 0.303. The Morgan fingerprint density at radius 3 is 2.74 bits per heavy atom. The molecule has 0 radical (unpaired) electrons. The number of phenolic OH excluding ortho intramolecular Hbond substituents is 1. The highest BCUT2D eigenvalue weighted by Crippen LogP contribution is 2.41. The third kappa shape index (κ3) is 5.73. The SMILES string of the molecule is Cc1cc(Cc2c(-c3ccc(OCCC4CCCN4)nc3)sc3cc(O)ccc23)ccc1CN1CCCC1. The van der Waals surface area contributed by atoms with Crippen LogP contribution in [0.25, 0.3) is 20.5 Å². The van der Waals surface area contributed by atoms with E-state index in [0.717, 1.165) is 36.2 Å². The van der Waals surface area contributed by atoms with E-state index >= 15 is 0 Å². The Kier molecular flexibility index (Phi) is 7.63. The third-order valence-corrected chi connectivity index (χ3v) is 9.28. The van der Waals surface area contributed by atoms with Crippen molar-refractivity contribution in [3.63, 3.8) is 0 Å². The van der Waals surface area contributed by atoms with Gasteiger partial charge in [-0.05, 0) is 117 Å². The summed E-state index contributed by atoms with van der Waals surface area (Å²) in [6.07, 6.45) is 8.93. The summed E-state index contributed by atoms with van der Waals surface area (Å²) in [5.74, 6) is 0.980. The van der Waals surface area contributed by atoms with Crippen LogP contribution >= 0.6 is 11.3 Å². The van der Waals surface area contributed by atoms with E-state index in [1.54, 1.807) is 17.4 Å². The smallest absolute Gasteiger partial charge is 0.213 e. The predicted molar refractivity (Wildman–Crippen MR) is 156 cm³/mol. The second kappa shape index (κ2) is 11.4. The summed E-state index contributed by atoms with van der Waals surface area (Å²) in [7, 11) is 0. The van der Waals surface area contributed by atoms with Crippen molar-refractivity contribution in [2.24, 2.45) is 0 Å². The van der Waals surface area contributed by atoms with Crippen LogP contribution in [0.4, 0.5) is 0 Å². The van der Waals surface area contributed by atoms with E-state index < -0.39 is 0 Å². The predicted octanol–water partition coefficient (Wildman–Crippen LogP) is 6.68. The quantitative estimate of drug-likeness (QED) is 0.254. The molecule has 2 saturated heterocycles. The molecule has 2 aliphatic heterocycles. The number of nitrogens with zero attached hydrogens (tertiary/aromatic N) is 2. The number of pyridine rings is 1. The van der Waals surface area contributed by atoms with Crippen molar-refractivity contribution in [2.75, 3.05) is 26.2 Å². The lowest BCUT2D eigenvalue weighted by molar-refractivity contribution is 0.282. The second-order valence-electron chi connectivity index (χ2n) is 10.8. The number of rotatable bonds is 9. The molecule has 2 aromatic carbocycles. The molecule has 1 unspecified atom stereocenters. The zero-order valence-corrected chi connectivity index (χ0v) is 23.0. The summed E-state index contributed by atoms with van der Waals surface area (Å²) in [6, 6.07) is 17.4. The number of benzene rings is 2. The highest BCUT2D eigenvalue weighted by molar-refractivity contribution is 7.22. The molecule has 0 spiro atoms. The molecule has 6 heteroatoms. The Hall–Kier alpha value is -2.93. The number of aromatic hydroxyl groups is 1. The Labute approximate surface area is 229 Å². The van der Waals surface area contributed by atoms with Crippen molar-refractivity contribution in [3.05, 3.63) is 77.0 Å². The lowest BCUT2D eigenvalue weighted by Crippen LogP contribution is -2.23. The monoisotopic (exact) mass is 527 g/mol. The molecule has 6 rings (SSSR count). The van der Waals surface area contributed by atoms with Gasteiger partial charge >= 0.3 is 0 Å². The Balaban J connectivity index is 1.23. The van der Waals surface area contributed by atoms with Crippen LogP contribution in [0.5, 0.6) is 11.6 Å². The normalized spacial score (nSPS) is 18.0. The number of nitrogens with one attached hydrogen (secondary N) is 1. The average molecular weight is 528 g/mol. The fourth-order valence-corrected chi connectivity index (χ4v) is 7.13. The van der Waals surface area contributed by atoms with Crippen molar-refractivity contribution in [1.29, 1.82) is 0 Å². The van der Waals surface area contributed by atoms with Crippen LogP contribution in [0.1, 0.15) is 54.4 Å². The summed E-state index contributed by atoms with van der Waals surface area (Å²) in [6.45, 7) is 7.53. The molecule has 0 saturated carbocycles. The highest BCUT2D eigenvalue weighted by atomic mass is 32.1. The molecule has 4 aromatic rings. The molecular weight excluding hydrogens is 490 g/mol. The van der Waals surface area contributed by atoms with Gasteiger partial charge in [-0.3, -0.25) is 4.90 Å². The van der Waals surface area contributed by atoms with Crippen molar-refractivity contribution in [1.82, 2.24) is 15.2 Å². The van der Waals surface area contributed by atoms with Gasteiger partial charge in [0.15, 0.2) is 0 Å². The largest absolute Gasteiger partial charge is 0.508 e. The van der Waals surface area contributed by atoms with Gasteiger partial charge < -0.3 is 15.2 Å². The summed E-state index contributed by atoms with van der Waals surface area (Å²) in [5.41, 5.74) is 6.49. The molecule has 2 N–H and O–H groups in total. The lowest BCUT2D eigenvalue weighted by Gasteiger charge is -2.17. The number of aromatic nitrogens is 1. The maximum absolute atomic E-state index is 10.1. The minimum absolute atomic E-state index is 0.303. The summed E-state index contributed by atoms with van der Waals surface area (Å²) >= 11 is 1.72. The Bertz CT molecular complexity index is 1390. The van der Waals surface area contributed by atoms with Gasteiger partial charge in [0.2, 0.25) is 5.88 Å². The van der Waals surface area contributed by atoms with Crippen molar-refractivity contribution >= 4 is 21.4 Å². The van der Waals surface area contributed by atoms with Gasteiger partial charge in [0.1, 0.15) is 5.75 Å². The summed E-state index contributed by atoms with van der Waals surface area (Å²) in [4.78, 5) is 8.41. The number of hydrogen-bond acceptors (Lipinski definition) is 6. The summed E-state index contributed by atoms with van der Waals surface area (Å²) < 4.78 is 7.05. The number of aryl methyl sites for hydroxylation is 1. The van der Waals surface area contributed by atoms with Crippen LogP contribution in [-0.2, 0) is 13.0 Å². The van der Waals surface area contributed by atoms with E-state index in [2.05, 4.69) is 52.5 Å². The molecule has 38 heavy (non-hydrogen) atoms. The van der Waals surface area contributed by atoms with Gasteiger partial charge in [-0.1, -0.05) is 18.2 Å². The maximum Gasteiger partial charge on any atom is 0.213 e. The van der Waals surface area contributed by atoms with Crippen LogP contribution in [0.15, 0.2) is 54.7 Å². The van der Waals surface area contributed by atoms with Crippen molar-refractivity contribution < 1.29 is 9.84 Å². The molecule has 0 amide bonds. The molecule has 5 nitrogen and oxygen atoms in total. The van der Waals surface area contributed by atoms with E-state index in [4.69, 9.17) is 4.74 Å². The van der Waals surface area contributed by atoms with E-state index in [9.17, 15) is 5.11 Å². The van der Waals surface area contributed by atoms with E-state index in [1.807, 2.05) is 18.3 Å². The van der Waals surface area contributed by atoms with Gasteiger partial charge in [-0.2, -0.15) is 0 Å². The molecule has 198 valence electrons. The molecule has 2 aromatic heterocycles. The van der Waals surface area contributed by atoms with Gasteiger partial charge in [-0.25, -0.2) is 4.98 Å². The molecule has 2 fully saturated rings. The van der Waals surface area contributed by atoms with Gasteiger partial charge in [-0.15, -0.1) is 11.3 Å². The second-order valence-corrected chi connectivity index (χ2v) is 11.9. The first-order valence-electron chi connectivity index (χ1n) is 14.0. The maximum atomic E-state index is 10.1. The standard InChI is InChI=1S/C32H37N3O2S/c1-22-17-23(6-7-25(22)21-35-14-2-3-15-35)18-29-28-10-9-27(36)19-30(28)38-32(29)24-8-11-31(34-20-24)37-16-12-26-5-4-13-33-26/h6-11,17,19-20,26,33,36H,2-5,12-16,18,21H2,1H3. The molecule has 2 aliphatic rings. The number of fused-ring (bicyclic) bond motifs is 1. The first-order valence-corrected chi connectivity index (χ1v) is 14.8. The van der Waals surface area contributed by atoms with Crippen LogP contribution < -0.4 is 10.1 Å². The van der Waals surface area contributed by atoms with E-state index in [0.29, 0.717) is 24.3 Å². The first kappa shape index (κ1) is 25.4. The molecule has 0 bridgehead atoms. The average Bonchev–Trinajstić information content (AvgIpc) is 3.69. The first-order chi connectivity index (χ1) is 18.6. The van der Waals surface area contributed by atoms with Gasteiger partial charge in [0.25, 0.3) is 0 Å². The molecule has 0 aliphatic carbocycles. The van der Waals surface area contributed by atoms with Crippen LogP contribution in [0.2, 0.25) is 0 Å². The Morgan fingerprint density at radius 2 is 1.97 bits per heavy atom. The van der Waals surface area contributed by atoms with Crippen LogP contribution in [0, 0.1) is 6.92 Å². The van der Waals surface area contributed by atoms with Crippen molar-refractivity contribution in [3.8, 4) is 22.1 Å². The highest BCUT2D eigenvalue weighted by Gasteiger charge is 2.18. The Morgan fingerprint density at radius 1 is 1.08 bits per heavy atom. The van der Waals surface area contributed by atoms with Gasteiger partial charge in [0, 0.05) is 40.0 Å². The fraction of sp³-hybridized carbons (Fsp3) is 0.406. The zero-order chi connectivity index (χ0) is 25.9. The lowest BCUT2D eigenvalue weighted by atomic mass is 9.96. The van der Waals surface area contributed by atoms with E-state index in [1.165, 1.54) is 71.3 Å².